The van der Waals surface area contributed by atoms with Gasteiger partial charge in [0, 0.05) is 39.0 Å². The fourth-order valence-electron chi connectivity index (χ4n) is 3.18. The summed E-state index contributed by atoms with van der Waals surface area (Å²) in [5, 5.41) is 13.5. The highest BCUT2D eigenvalue weighted by atomic mass is 32.1. The van der Waals surface area contributed by atoms with Crippen LogP contribution in [0.2, 0.25) is 0 Å². The molecule has 0 aliphatic rings. The molecular formula is C26H14N2S5. The molecule has 0 aromatic carbocycles. The van der Waals surface area contributed by atoms with Gasteiger partial charge in [-0.1, -0.05) is 18.2 Å². The molecule has 0 N–H and O–H groups in total. The van der Waals surface area contributed by atoms with Gasteiger partial charge in [-0.05, 0) is 65.4 Å². The molecule has 0 saturated carbocycles. The van der Waals surface area contributed by atoms with Crippen molar-refractivity contribution in [1.82, 2.24) is 0 Å². The molecule has 5 rings (SSSR count). The van der Waals surface area contributed by atoms with Gasteiger partial charge in [0.1, 0.15) is 6.07 Å². The highest BCUT2D eigenvalue weighted by Gasteiger charge is 2.11. The summed E-state index contributed by atoms with van der Waals surface area (Å²) in [4.78, 5) is 12.7. The molecule has 158 valence electrons. The lowest BCUT2D eigenvalue weighted by Gasteiger charge is -1.93. The fraction of sp³-hybridized carbons (Fsp3) is 0. The van der Waals surface area contributed by atoms with Crippen molar-refractivity contribution in [2.24, 2.45) is 0 Å². The van der Waals surface area contributed by atoms with E-state index in [4.69, 9.17) is 6.57 Å². The molecule has 0 bridgehead atoms. The van der Waals surface area contributed by atoms with Crippen LogP contribution >= 0.6 is 56.7 Å². The van der Waals surface area contributed by atoms with Crippen LogP contribution in [0, 0.1) is 17.9 Å². The second kappa shape index (κ2) is 9.84. The lowest BCUT2D eigenvalue weighted by atomic mass is 10.2. The van der Waals surface area contributed by atoms with Crippen LogP contribution in [0.3, 0.4) is 0 Å². The Kier molecular flexibility index (Phi) is 6.50. The number of nitrogens with zero attached hydrogens (tertiary/aromatic N) is 2. The molecule has 0 spiro atoms. The summed E-state index contributed by atoms with van der Waals surface area (Å²) < 4.78 is 0. The van der Waals surface area contributed by atoms with Crippen molar-refractivity contribution in [3.05, 3.63) is 102 Å². The van der Waals surface area contributed by atoms with E-state index in [1.807, 2.05) is 47.2 Å². The van der Waals surface area contributed by atoms with E-state index in [1.165, 1.54) is 19.5 Å². The van der Waals surface area contributed by atoms with Crippen molar-refractivity contribution in [3.8, 4) is 25.6 Å². The number of hydrogen-bond donors (Lipinski definition) is 0. The van der Waals surface area contributed by atoms with Gasteiger partial charge in [0.25, 0.3) is 0 Å². The van der Waals surface area contributed by atoms with Crippen LogP contribution in [0.15, 0.2) is 71.4 Å². The number of allylic oxidation sites excluding steroid dienone is 1. The number of rotatable bonds is 6. The van der Waals surface area contributed by atoms with E-state index in [9.17, 15) is 5.26 Å². The Morgan fingerprint density at radius 3 is 1.82 bits per heavy atom. The molecule has 0 amide bonds. The topological polar surface area (TPSA) is 28.1 Å². The van der Waals surface area contributed by atoms with Crippen molar-refractivity contribution in [1.29, 1.82) is 5.26 Å². The van der Waals surface area contributed by atoms with Crippen molar-refractivity contribution < 1.29 is 0 Å². The molecule has 0 unspecified atom stereocenters. The van der Waals surface area contributed by atoms with Gasteiger partial charge in [0.15, 0.2) is 0 Å². The Labute approximate surface area is 212 Å². The summed E-state index contributed by atoms with van der Waals surface area (Å²) in [6.07, 6.45) is 3.94. The molecule has 0 fully saturated rings. The molecule has 0 atom stereocenters. The zero-order valence-electron chi connectivity index (χ0n) is 17.0. The second-order valence-corrected chi connectivity index (χ2v) is 12.0. The fourth-order valence-corrected chi connectivity index (χ4v) is 7.64. The van der Waals surface area contributed by atoms with Crippen LogP contribution in [0.25, 0.3) is 47.8 Å². The minimum absolute atomic E-state index is 0.684. The van der Waals surface area contributed by atoms with E-state index in [0.717, 1.165) is 19.5 Å². The van der Waals surface area contributed by atoms with E-state index in [2.05, 4.69) is 47.3 Å². The molecule has 0 saturated heterocycles. The average Bonchev–Trinajstić information content (AvgIpc) is 3.65. The third-order valence-electron chi connectivity index (χ3n) is 4.71. The SMILES string of the molecule is [C-]#[N+]/C(=C\c1ccc(-c2ccc(-c3ccc(/C=C(\C#N)c4cccs4)s3)s2)s1)c1cccs1. The molecule has 5 heterocycles. The third kappa shape index (κ3) is 4.84. The zero-order chi connectivity index (χ0) is 22.6. The smallest absolute Gasteiger partial charge is 0.205 e. The first kappa shape index (κ1) is 21.8. The Morgan fingerprint density at radius 1 is 0.727 bits per heavy atom. The predicted octanol–water partition coefficient (Wildman–Crippen LogP) is 9.81. The highest BCUT2D eigenvalue weighted by Crippen LogP contribution is 2.41. The number of thiophene rings is 5. The lowest BCUT2D eigenvalue weighted by molar-refractivity contribution is 1.54. The lowest BCUT2D eigenvalue weighted by Crippen LogP contribution is -1.72. The van der Waals surface area contributed by atoms with Gasteiger partial charge in [-0.15, -0.1) is 45.3 Å². The first-order valence-electron chi connectivity index (χ1n) is 9.82. The van der Waals surface area contributed by atoms with E-state index >= 15 is 0 Å². The minimum Gasteiger partial charge on any atom is -0.237 e. The molecule has 33 heavy (non-hydrogen) atoms. The Morgan fingerprint density at radius 2 is 1.27 bits per heavy atom. The molecule has 5 aromatic heterocycles. The second-order valence-electron chi connectivity index (χ2n) is 6.83. The van der Waals surface area contributed by atoms with E-state index in [1.54, 1.807) is 56.7 Å². The van der Waals surface area contributed by atoms with Crippen LogP contribution in [-0.4, -0.2) is 0 Å². The van der Waals surface area contributed by atoms with Crippen molar-refractivity contribution in [2.75, 3.05) is 0 Å². The Hall–Kier alpha value is -3.04. The molecule has 5 aromatic rings. The molecule has 0 radical (unpaired) electrons. The Bertz CT molecular complexity index is 1410. The molecule has 7 heteroatoms. The van der Waals surface area contributed by atoms with Crippen LogP contribution < -0.4 is 0 Å². The van der Waals surface area contributed by atoms with E-state index < -0.39 is 0 Å². The summed E-state index contributed by atoms with van der Waals surface area (Å²) in [6.45, 7) is 7.50. The number of hydrogen-bond acceptors (Lipinski definition) is 6. The predicted molar refractivity (Wildman–Crippen MR) is 148 cm³/mol. The van der Waals surface area contributed by atoms with Gasteiger partial charge in [0.2, 0.25) is 5.70 Å². The van der Waals surface area contributed by atoms with Crippen LogP contribution in [0.4, 0.5) is 0 Å². The Balaban J connectivity index is 1.37. The molecule has 2 nitrogen and oxygen atoms in total. The summed E-state index contributed by atoms with van der Waals surface area (Å²) in [6, 6.07) is 23.0. The van der Waals surface area contributed by atoms with E-state index in [0.29, 0.717) is 11.3 Å². The standard InChI is InChI=1S/C26H14N2S5/c1-28-20(22-5-3-13-30-22)15-19-7-9-24(32-19)26-11-10-25(33-26)23-8-6-18(31-23)14-17(16-27)21-4-2-12-29-21/h2-15H/b17-14+,20-15-. The van der Waals surface area contributed by atoms with Gasteiger partial charge in [-0.25, -0.2) is 4.85 Å². The summed E-state index contributed by atoms with van der Waals surface area (Å²) in [5.41, 5.74) is 1.38. The maximum absolute atomic E-state index is 9.51. The summed E-state index contributed by atoms with van der Waals surface area (Å²) in [7, 11) is 0. The minimum atomic E-state index is 0.684. The first-order chi connectivity index (χ1) is 16.2. The largest absolute Gasteiger partial charge is 0.237 e. The van der Waals surface area contributed by atoms with Gasteiger partial charge in [-0.3, -0.25) is 0 Å². The van der Waals surface area contributed by atoms with Gasteiger partial charge < -0.3 is 0 Å². The van der Waals surface area contributed by atoms with Crippen LogP contribution in [0.5, 0.6) is 0 Å². The van der Waals surface area contributed by atoms with Gasteiger partial charge in [0.05, 0.1) is 12.1 Å². The highest BCUT2D eigenvalue weighted by molar-refractivity contribution is 7.26. The van der Waals surface area contributed by atoms with Crippen molar-refractivity contribution in [3.63, 3.8) is 0 Å². The maximum atomic E-state index is 9.51. The number of nitriles is 1. The normalized spacial score (nSPS) is 11.9. The average molecular weight is 515 g/mol. The zero-order valence-corrected chi connectivity index (χ0v) is 21.1. The van der Waals surface area contributed by atoms with Gasteiger partial charge >= 0.3 is 0 Å². The molecular weight excluding hydrogens is 501 g/mol. The van der Waals surface area contributed by atoms with Crippen molar-refractivity contribution >= 4 is 80.1 Å². The summed E-state index contributed by atoms with van der Waals surface area (Å²) >= 11 is 8.35. The first-order valence-corrected chi connectivity index (χ1v) is 14.0. The van der Waals surface area contributed by atoms with Crippen molar-refractivity contribution in [2.45, 2.75) is 0 Å². The molecule has 0 aliphatic heterocycles. The quantitative estimate of drug-likeness (QED) is 0.164. The molecule has 0 aliphatic carbocycles. The third-order valence-corrected chi connectivity index (χ3v) is 10.0. The van der Waals surface area contributed by atoms with Crippen LogP contribution in [-0.2, 0) is 0 Å². The summed E-state index contributed by atoms with van der Waals surface area (Å²) in [5.74, 6) is 0. The van der Waals surface area contributed by atoms with E-state index in [-0.39, 0.29) is 0 Å². The maximum Gasteiger partial charge on any atom is 0.205 e. The van der Waals surface area contributed by atoms with Crippen LogP contribution in [0.1, 0.15) is 19.5 Å². The van der Waals surface area contributed by atoms with Gasteiger partial charge in [-0.2, -0.15) is 16.6 Å². The monoisotopic (exact) mass is 514 g/mol.